The van der Waals surface area contributed by atoms with E-state index in [-0.39, 0.29) is 18.2 Å². The molecule has 0 bridgehead atoms. The number of hydrogen-bond acceptors (Lipinski definition) is 5. The number of carbonyl (C=O) groups excluding carboxylic acids is 3. The zero-order chi connectivity index (χ0) is 25.2. The van der Waals surface area contributed by atoms with Crippen molar-refractivity contribution in [1.29, 1.82) is 0 Å². The highest BCUT2D eigenvalue weighted by molar-refractivity contribution is 6.30. The van der Waals surface area contributed by atoms with Crippen LogP contribution in [0.2, 0.25) is 5.02 Å². The Bertz CT molecular complexity index is 781. The topological polar surface area (TPSA) is 93.7 Å². The van der Waals surface area contributed by atoms with Crippen LogP contribution in [0.4, 0.5) is 0 Å². The highest BCUT2D eigenvalue weighted by Gasteiger charge is 2.34. The summed E-state index contributed by atoms with van der Waals surface area (Å²) >= 11 is 5.88. The molecule has 0 aromatic heterocycles. The number of unbranched alkanes of at least 4 members (excludes halogenated alkanes) is 1. The van der Waals surface area contributed by atoms with E-state index in [1.54, 1.807) is 45.0 Å². The first-order chi connectivity index (χ1) is 15.2. The Morgan fingerprint density at radius 2 is 1.58 bits per heavy atom. The number of likely N-dealkylation sites (N-methyl/N-ethyl adjacent to an activating group) is 1. The van der Waals surface area contributed by atoms with Gasteiger partial charge in [-0.15, -0.1) is 0 Å². The molecule has 0 fully saturated rings. The number of halogens is 1. The summed E-state index contributed by atoms with van der Waals surface area (Å²) < 4.78 is 11.1. The molecular formula is C25H39ClN2O5. The van der Waals surface area contributed by atoms with Gasteiger partial charge in [-0.3, -0.25) is 14.4 Å². The van der Waals surface area contributed by atoms with Crippen LogP contribution in [-0.2, 0) is 19.1 Å². The van der Waals surface area contributed by atoms with E-state index < -0.39 is 28.9 Å². The standard InChI is InChI=1S/C25H39ClN2O5/c1-24(2,3)21(23(31)27-7)28-22(30)17(16-20(29)33-25(4,5)6)10-8-9-15-32-19-13-11-18(26)12-14-19/h11-14,17,21H,8-10,15-16H2,1-7H3,(H,27,31)(H,28,30)/t17-,21-/m1/s1. The number of nitrogens with one attached hydrogen (secondary N) is 2. The van der Waals surface area contributed by atoms with Crippen molar-refractivity contribution in [3.8, 4) is 5.75 Å². The Kier molecular flexibility index (Phi) is 11.2. The fourth-order valence-corrected chi connectivity index (χ4v) is 3.33. The zero-order valence-corrected chi connectivity index (χ0v) is 21.7. The second kappa shape index (κ2) is 12.8. The van der Waals surface area contributed by atoms with Gasteiger partial charge in [-0.05, 0) is 69.7 Å². The molecule has 33 heavy (non-hydrogen) atoms. The summed E-state index contributed by atoms with van der Waals surface area (Å²) in [5, 5.41) is 6.08. The van der Waals surface area contributed by atoms with E-state index in [0.29, 0.717) is 30.9 Å². The van der Waals surface area contributed by atoms with Crippen LogP contribution in [0.15, 0.2) is 24.3 Å². The Morgan fingerprint density at radius 1 is 0.970 bits per heavy atom. The largest absolute Gasteiger partial charge is 0.494 e. The van der Waals surface area contributed by atoms with Crippen molar-refractivity contribution in [3.63, 3.8) is 0 Å². The first kappa shape index (κ1) is 28.8. The van der Waals surface area contributed by atoms with E-state index >= 15 is 0 Å². The quantitative estimate of drug-likeness (QED) is 0.357. The predicted octanol–water partition coefficient (Wildman–Crippen LogP) is 4.51. The number of carbonyl (C=O) groups is 3. The van der Waals surface area contributed by atoms with Crippen molar-refractivity contribution in [1.82, 2.24) is 10.6 Å². The number of amides is 2. The van der Waals surface area contributed by atoms with Crippen LogP contribution in [0, 0.1) is 11.3 Å². The molecule has 0 unspecified atom stereocenters. The molecule has 0 aliphatic rings. The van der Waals surface area contributed by atoms with Crippen molar-refractivity contribution in [3.05, 3.63) is 29.3 Å². The van der Waals surface area contributed by atoms with Crippen molar-refractivity contribution >= 4 is 29.4 Å². The van der Waals surface area contributed by atoms with E-state index in [9.17, 15) is 14.4 Å². The predicted molar refractivity (Wildman–Crippen MR) is 130 cm³/mol. The summed E-state index contributed by atoms with van der Waals surface area (Å²) in [6.07, 6.45) is 1.80. The molecule has 8 heteroatoms. The van der Waals surface area contributed by atoms with Crippen LogP contribution in [-0.4, -0.2) is 43.1 Å². The van der Waals surface area contributed by atoms with E-state index in [0.717, 1.165) is 5.75 Å². The lowest BCUT2D eigenvalue weighted by Gasteiger charge is -2.31. The van der Waals surface area contributed by atoms with Crippen LogP contribution < -0.4 is 15.4 Å². The summed E-state index contributed by atoms with van der Waals surface area (Å²) in [5.41, 5.74) is -1.13. The highest BCUT2D eigenvalue weighted by Crippen LogP contribution is 2.23. The maximum Gasteiger partial charge on any atom is 0.307 e. The maximum absolute atomic E-state index is 13.1. The number of ether oxygens (including phenoxy) is 2. The summed E-state index contributed by atoms with van der Waals surface area (Å²) in [5.74, 6) is -0.926. The Labute approximate surface area is 202 Å². The van der Waals surface area contributed by atoms with Crippen molar-refractivity contribution in [2.75, 3.05) is 13.7 Å². The monoisotopic (exact) mass is 482 g/mol. The van der Waals surface area contributed by atoms with Gasteiger partial charge in [0.15, 0.2) is 0 Å². The minimum absolute atomic E-state index is 0.0498. The molecule has 0 saturated carbocycles. The molecule has 0 aliphatic carbocycles. The molecule has 2 N–H and O–H groups in total. The summed E-state index contributed by atoms with van der Waals surface area (Å²) in [7, 11) is 1.53. The highest BCUT2D eigenvalue weighted by atomic mass is 35.5. The van der Waals surface area contributed by atoms with Crippen LogP contribution in [0.3, 0.4) is 0 Å². The fourth-order valence-electron chi connectivity index (χ4n) is 3.20. The smallest absolute Gasteiger partial charge is 0.307 e. The lowest BCUT2D eigenvalue weighted by Crippen LogP contribution is -2.54. The third-order valence-electron chi connectivity index (χ3n) is 4.89. The SMILES string of the molecule is CNC(=O)[C@@H](NC(=O)[C@H](CCCCOc1ccc(Cl)cc1)CC(=O)OC(C)(C)C)C(C)(C)C. The Balaban J connectivity index is 2.76. The van der Waals surface area contributed by atoms with Crippen LogP contribution >= 0.6 is 11.6 Å². The van der Waals surface area contributed by atoms with E-state index in [1.807, 2.05) is 20.8 Å². The lowest BCUT2D eigenvalue weighted by molar-refractivity contribution is -0.157. The normalized spacial score (nSPS) is 13.6. The van der Waals surface area contributed by atoms with Gasteiger partial charge in [0, 0.05) is 18.0 Å². The Morgan fingerprint density at radius 3 is 2.09 bits per heavy atom. The maximum atomic E-state index is 13.1. The summed E-state index contributed by atoms with van der Waals surface area (Å²) in [6, 6.07) is 6.40. The molecule has 0 aliphatic heterocycles. The van der Waals surface area contributed by atoms with Crippen molar-refractivity contribution in [2.45, 2.75) is 78.9 Å². The van der Waals surface area contributed by atoms with Gasteiger partial charge >= 0.3 is 5.97 Å². The number of benzene rings is 1. The summed E-state index contributed by atoms with van der Waals surface area (Å²) in [6.45, 7) is 11.5. The first-order valence-corrected chi connectivity index (χ1v) is 11.7. The number of rotatable bonds is 11. The number of esters is 1. The van der Waals surface area contributed by atoms with E-state index in [1.165, 1.54) is 7.05 Å². The molecule has 1 aromatic carbocycles. The van der Waals surface area contributed by atoms with Gasteiger partial charge in [-0.25, -0.2) is 0 Å². The van der Waals surface area contributed by atoms with Crippen molar-refractivity contribution in [2.24, 2.45) is 11.3 Å². The van der Waals surface area contributed by atoms with Gasteiger partial charge in [0.2, 0.25) is 11.8 Å². The van der Waals surface area contributed by atoms with Gasteiger partial charge < -0.3 is 20.1 Å². The molecule has 0 heterocycles. The second-order valence-corrected chi connectivity index (χ2v) is 10.6. The molecule has 1 rings (SSSR count). The molecule has 2 amide bonds. The molecule has 0 spiro atoms. The molecule has 2 atom stereocenters. The molecule has 7 nitrogen and oxygen atoms in total. The molecule has 0 radical (unpaired) electrons. The van der Waals surface area contributed by atoms with Gasteiger partial charge in [0.05, 0.1) is 13.0 Å². The summed E-state index contributed by atoms with van der Waals surface area (Å²) in [4.78, 5) is 37.9. The third-order valence-corrected chi connectivity index (χ3v) is 5.15. The minimum atomic E-state index is -0.718. The minimum Gasteiger partial charge on any atom is -0.494 e. The van der Waals surface area contributed by atoms with Gasteiger partial charge in [0.1, 0.15) is 17.4 Å². The lowest BCUT2D eigenvalue weighted by atomic mass is 9.85. The third kappa shape index (κ3) is 11.4. The van der Waals surface area contributed by atoms with E-state index in [2.05, 4.69) is 10.6 Å². The molecule has 186 valence electrons. The van der Waals surface area contributed by atoms with Gasteiger partial charge in [-0.2, -0.15) is 0 Å². The van der Waals surface area contributed by atoms with E-state index in [4.69, 9.17) is 21.1 Å². The average Bonchev–Trinajstić information content (AvgIpc) is 2.69. The zero-order valence-electron chi connectivity index (χ0n) is 20.9. The molecule has 1 aromatic rings. The number of hydrogen-bond donors (Lipinski definition) is 2. The second-order valence-electron chi connectivity index (χ2n) is 10.2. The van der Waals surface area contributed by atoms with Gasteiger partial charge in [0.25, 0.3) is 0 Å². The van der Waals surface area contributed by atoms with Crippen LogP contribution in [0.1, 0.15) is 67.2 Å². The van der Waals surface area contributed by atoms with Crippen molar-refractivity contribution < 1.29 is 23.9 Å². The molecular weight excluding hydrogens is 444 g/mol. The van der Waals surface area contributed by atoms with Crippen LogP contribution in [0.25, 0.3) is 0 Å². The molecule has 0 saturated heterocycles. The Hall–Kier alpha value is -2.28. The fraction of sp³-hybridized carbons (Fsp3) is 0.640. The first-order valence-electron chi connectivity index (χ1n) is 11.3. The average molecular weight is 483 g/mol. The van der Waals surface area contributed by atoms with Gasteiger partial charge in [-0.1, -0.05) is 32.4 Å². The van der Waals surface area contributed by atoms with Crippen LogP contribution in [0.5, 0.6) is 5.75 Å².